The van der Waals surface area contributed by atoms with E-state index in [4.69, 9.17) is 0 Å². The van der Waals surface area contributed by atoms with Crippen LogP contribution < -0.4 is 0 Å². The molecular weight excluding hydrogens is 132 g/mol. The molecule has 1 rings (SSSR count). The first-order valence-electron chi connectivity index (χ1n) is 5.23. The van der Waals surface area contributed by atoms with Gasteiger partial charge in [-0.3, -0.25) is 0 Å². The van der Waals surface area contributed by atoms with E-state index in [1.165, 1.54) is 44.9 Å². The normalized spacial score (nSPS) is 26.2. The summed E-state index contributed by atoms with van der Waals surface area (Å²) in [5.74, 6) is 2.90. The summed E-state index contributed by atoms with van der Waals surface area (Å²) in [7, 11) is 0. The maximum Gasteiger partial charge on any atom is -0.0210 e. The van der Waals surface area contributed by atoms with E-state index in [2.05, 4.69) is 13.8 Å². The second-order valence-electron chi connectivity index (χ2n) is 3.79. The van der Waals surface area contributed by atoms with Gasteiger partial charge in [-0.05, 0) is 31.1 Å². The number of hydrogen-bond acceptors (Lipinski definition) is 0. The molecule has 0 spiro atoms. The summed E-state index contributed by atoms with van der Waals surface area (Å²) in [6, 6.07) is 0. The molecular formula is C11H21. The van der Waals surface area contributed by atoms with Crippen molar-refractivity contribution < 1.29 is 0 Å². The molecule has 11 heavy (non-hydrogen) atoms. The van der Waals surface area contributed by atoms with Crippen molar-refractivity contribution in [2.45, 2.75) is 58.8 Å². The molecule has 0 aromatic carbocycles. The fraction of sp³-hybridized carbons (Fsp3) is 0.909. The van der Waals surface area contributed by atoms with Crippen LogP contribution in [0.5, 0.6) is 0 Å². The molecule has 1 fully saturated rings. The zero-order valence-electron chi connectivity index (χ0n) is 8.03. The summed E-state index contributed by atoms with van der Waals surface area (Å²) in [5, 5.41) is 0. The Balaban J connectivity index is 2.25. The zero-order chi connectivity index (χ0) is 8.10. The Morgan fingerprint density at radius 2 is 2.09 bits per heavy atom. The quantitative estimate of drug-likeness (QED) is 0.573. The zero-order valence-corrected chi connectivity index (χ0v) is 8.03. The van der Waals surface area contributed by atoms with Gasteiger partial charge >= 0.3 is 0 Å². The maximum atomic E-state index is 2.31. The van der Waals surface area contributed by atoms with Gasteiger partial charge in [0.25, 0.3) is 0 Å². The molecule has 0 aromatic rings. The monoisotopic (exact) mass is 153 g/mol. The van der Waals surface area contributed by atoms with Gasteiger partial charge in [0, 0.05) is 0 Å². The lowest BCUT2D eigenvalue weighted by Crippen LogP contribution is -2.04. The topological polar surface area (TPSA) is 0 Å². The molecule has 0 bridgehead atoms. The predicted octanol–water partition coefficient (Wildman–Crippen LogP) is 3.96. The Kier molecular flexibility index (Phi) is 3.96. The lowest BCUT2D eigenvalue weighted by atomic mass is 9.89. The highest BCUT2D eigenvalue weighted by molar-refractivity contribution is 5.00. The summed E-state index contributed by atoms with van der Waals surface area (Å²) in [6.45, 7) is 4.61. The highest BCUT2D eigenvalue weighted by atomic mass is 14.3. The van der Waals surface area contributed by atoms with E-state index in [-0.39, 0.29) is 0 Å². The van der Waals surface area contributed by atoms with E-state index in [9.17, 15) is 0 Å². The smallest absolute Gasteiger partial charge is 0.0210 e. The lowest BCUT2D eigenvalue weighted by molar-refractivity contribution is 0.496. The molecule has 0 aliphatic heterocycles. The SMILES string of the molecule is CCC[C]1CCCC1CCC. The fourth-order valence-corrected chi connectivity index (χ4v) is 2.33. The summed E-state index contributed by atoms with van der Waals surface area (Å²) >= 11 is 0. The average molecular weight is 153 g/mol. The molecule has 1 radical (unpaired) electrons. The van der Waals surface area contributed by atoms with Crippen LogP contribution in [0, 0.1) is 11.8 Å². The molecule has 65 valence electrons. The van der Waals surface area contributed by atoms with Crippen LogP contribution in [0.4, 0.5) is 0 Å². The molecule has 1 aliphatic rings. The molecule has 1 aliphatic carbocycles. The van der Waals surface area contributed by atoms with E-state index in [0.29, 0.717) is 0 Å². The van der Waals surface area contributed by atoms with E-state index >= 15 is 0 Å². The first-order chi connectivity index (χ1) is 5.38. The highest BCUT2D eigenvalue weighted by Crippen LogP contribution is 2.39. The molecule has 0 N–H and O–H groups in total. The van der Waals surface area contributed by atoms with Gasteiger partial charge in [-0.15, -0.1) is 0 Å². The number of hydrogen-bond donors (Lipinski definition) is 0. The van der Waals surface area contributed by atoms with E-state index in [1.54, 1.807) is 0 Å². The van der Waals surface area contributed by atoms with Gasteiger partial charge in [0.05, 0.1) is 0 Å². The van der Waals surface area contributed by atoms with Crippen molar-refractivity contribution in [1.82, 2.24) is 0 Å². The largest absolute Gasteiger partial charge is 0.0654 e. The van der Waals surface area contributed by atoms with Gasteiger partial charge in [0.15, 0.2) is 0 Å². The van der Waals surface area contributed by atoms with E-state index in [1.807, 2.05) is 5.92 Å². The van der Waals surface area contributed by atoms with E-state index in [0.717, 1.165) is 5.92 Å². The minimum Gasteiger partial charge on any atom is -0.0654 e. The molecule has 0 heteroatoms. The summed E-state index contributed by atoms with van der Waals surface area (Å²) in [5.41, 5.74) is 0. The molecule has 0 nitrogen and oxygen atoms in total. The van der Waals surface area contributed by atoms with Gasteiger partial charge < -0.3 is 0 Å². The Labute approximate surface area is 71.4 Å². The third-order valence-electron chi connectivity index (χ3n) is 2.84. The van der Waals surface area contributed by atoms with Crippen molar-refractivity contribution in [3.63, 3.8) is 0 Å². The average Bonchev–Trinajstić information content (AvgIpc) is 2.39. The van der Waals surface area contributed by atoms with Gasteiger partial charge in [0.2, 0.25) is 0 Å². The molecule has 0 heterocycles. The van der Waals surface area contributed by atoms with Crippen LogP contribution in [-0.2, 0) is 0 Å². The van der Waals surface area contributed by atoms with Crippen LogP contribution in [0.2, 0.25) is 0 Å². The lowest BCUT2D eigenvalue weighted by Gasteiger charge is -2.16. The summed E-state index contributed by atoms with van der Waals surface area (Å²) in [4.78, 5) is 0. The van der Waals surface area contributed by atoms with Crippen molar-refractivity contribution in [2.75, 3.05) is 0 Å². The first kappa shape index (κ1) is 9.09. The Morgan fingerprint density at radius 3 is 2.73 bits per heavy atom. The minimum atomic E-state index is 1.01. The second kappa shape index (κ2) is 4.79. The summed E-state index contributed by atoms with van der Waals surface area (Å²) in [6.07, 6.45) is 10.00. The Hall–Kier alpha value is 0. The van der Waals surface area contributed by atoms with Crippen LogP contribution in [0.3, 0.4) is 0 Å². The third-order valence-corrected chi connectivity index (χ3v) is 2.84. The molecule has 1 saturated carbocycles. The van der Waals surface area contributed by atoms with Crippen LogP contribution >= 0.6 is 0 Å². The van der Waals surface area contributed by atoms with Crippen molar-refractivity contribution in [2.24, 2.45) is 5.92 Å². The van der Waals surface area contributed by atoms with Crippen molar-refractivity contribution >= 4 is 0 Å². The number of rotatable bonds is 4. The first-order valence-corrected chi connectivity index (χ1v) is 5.23. The fourth-order valence-electron chi connectivity index (χ4n) is 2.33. The van der Waals surface area contributed by atoms with Gasteiger partial charge in [0.1, 0.15) is 0 Å². The predicted molar refractivity (Wildman–Crippen MR) is 50.4 cm³/mol. The molecule has 1 atom stereocenters. The van der Waals surface area contributed by atoms with Gasteiger partial charge in [-0.2, -0.15) is 0 Å². The molecule has 0 saturated heterocycles. The highest BCUT2D eigenvalue weighted by Gasteiger charge is 2.25. The standard InChI is InChI=1S/C11H21/c1-3-6-10-8-5-9-11(10)7-4-2/h10H,3-9H2,1-2H3. The van der Waals surface area contributed by atoms with Crippen molar-refractivity contribution in [3.05, 3.63) is 5.92 Å². The van der Waals surface area contributed by atoms with Gasteiger partial charge in [-0.25, -0.2) is 0 Å². The Bertz CT molecular complexity index is 84.2. The van der Waals surface area contributed by atoms with E-state index < -0.39 is 0 Å². The molecule has 0 amide bonds. The minimum absolute atomic E-state index is 1.01. The van der Waals surface area contributed by atoms with Crippen LogP contribution in [0.1, 0.15) is 58.8 Å². The Morgan fingerprint density at radius 1 is 1.27 bits per heavy atom. The van der Waals surface area contributed by atoms with Crippen LogP contribution in [-0.4, -0.2) is 0 Å². The summed E-state index contributed by atoms with van der Waals surface area (Å²) < 4.78 is 0. The second-order valence-corrected chi connectivity index (χ2v) is 3.79. The van der Waals surface area contributed by atoms with Gasteiger partial charge in [-0.1, -0.05) is 39.5 Å². The van der Waals surface area contributed by atoms with Crippen molar-refractivity contribution in [3.8, 4) is 0 Å². The van der Waals surface area contributed by atoms with Crippen LogP contribution in [0.15, 0.2) is 0 Å². The van der Waals surface area contributed by atoms with Crippen molar-refractivity contribution in [1.29, 1.82) is 0 Å². The van der Waals surface area contributed by atoms with Crippen LogP contribution in [0.25, 0.3) is 0 Å². The molecule has 0 aromatic heterocycles. The third kappa shape index (κ3) is 2.50. The maximum absolute atomic E-state index is 2.31. The molecule has 1 unspecified atom stereocenters.